The van der Waals surface area contributed by atoms with Crippen LogP contribution in [0.4, 0.5) is 0 Å². The van der Waals surface area contributed by atoms with Crippen molar-refractivity contribution >= 4 is 18.3 Å². The molecule has 0 atom stereocenters. The van der Waals surface area contributed by atoms with Gasteiger partial charge in [0.1, 0.15) is 5.75 Å². The molecule has 4 nitrogen and oxygen atoms in total. The number of nitrogens with zero attached hydrogens (tertiary/aromatic N) is 1. The fourth-order valence-electron chi connectivity index (χ4n) is 1.84. The maximum absolute atomic E-state index is 11.9. The van der Waals surface area contributed by atoms with Crippen molar-refractivity contribution in [2.24, 2.45) is 0 Å². The van der Waals surface area contributed by atoms with Crippen molar-refractivity contribution in [1.82, 2.24) is 10.2 Å². The third-order valence-electron chi connectivity index (χ3n) is 3.04. The van der Waals surface area contributed by atoms with Gasteiger partial charge in [0.2, 0.25) is 0 Å². The second kappa shape index (κ2) is 10.5. The van der Waals surface area contributed by atoms with E-state index in [1.165, 1.54) is 0 Å². The summed E-state index contributed by atoms with van der Waals surface area (Å²) in [5.74, 6) is 0.761. The molecule has 0 aromatic heterocycles. The number of hydrogen-bond donors (Lipinski definition) is 1. The van der Waals surface area contributed by atoms with Gasteiger partial charge in [-0.3, -0.25) is 4.79 Å². The van der Waals surface area contributed by atoms with Crippen LogP contribution in [0.2, 0.25) is 0 Å². The van der Waals surface area contributed by atoms with Gasteiger partial charge in [-0.1, -0.05) is 13.8 Å². The molecule has 0 fully saturated rings. The van der Waals surface area contributed by atoms with Crippen LogP contribution < -0.4 is 10.1 Å². The van der Waals surface area contributed by atoms with E-state index < -0.39 is 0 Å². The highest BCUT2D eigenvalue weighted by Crippen LogP contribution is 2.11. The van der Waals surface area contributed by atoms with Gasteiger partial charge in [-0.05, 0) is 44.3 Å². The summed E-state index contributed by atoms with van der Waals surface area (Å²) in [5, 5.41) is 2.93. The number of carbonyl (C=O) groups excluding carboxylic acids is 1. The molecule has 1 aromatic carbocycles. The smallest absolute Gasteiger partial charge is 0.251 e. The van der Waals surface area contributed by atoms with Crippen LogP contribution in [0.15, 0.2) is 24.3 Å². The first-order chi connectivity index (χ1) is 9.21. The molecule has 0 saturated heterocycles. The third kappa shape index (κ3) is 6.26. The Morgan fingerprint density at radius 3 is 2.25 bits per heavy atom. The Hall–Kier alpha value is -1.26. The van der Waals surface area contributed by atoms with Gasteiger partial charge >= 0.3 is 0 Å². The lowest BCUT2D eigenvalue weighted by Crippen LogP contribution is -2.34. The van der Waals surface area contributed by atoms with Crippen LogP contribution in [0, 0.1) is 0 Å². The summed E-state index contributed by atoms with van der Waals surface area (Å²) in [4.78, 5) is 14.2. The molecule has 0 spiro atoms. The Morgan fingerprint density at radius 2 is 1.75 bits per heavy atom. The lowest BCUT2D eigenvalue weighted by Gasteiger charge is -2.17. The van der Waals surface area contributed by atoms with Crippen LogP contribution in [-0.2, 0) is 0 Å². The highest BCUT2D eigenvalue weighted by molar-refractivity contribution is 5.94. The molecular formula is C15H25ClN2O2. The van der Waals surface area contributed by atoms with Gasteiger partial charge in [0.25, 0.3) is 5.91 Å². The number of amides is 1. The average Bonchev–Trinajstić information content (AvgIpc) is 2.44. The van der Waals surface area contributed by atoms with Crippen molar-refractivity contribution in [2.75, 3.05) is 32.8 Å². The molecular weight excluding hydrogens is 276 g/mol. The summed E-state index contributed by atoms with van der Waals surface area (Å²) < 4.78 is 5.34. The van der Waals surface area contributed by atoms with Gasteiger partial charge < -0.3 is 15.0 Å². The lowest BCUT2D eigenvalue weighted by molar-refractivity contribution is 0.0949. The molecule has 114 valence electrons. The van der Waals surface area contributed by atoms with E-state index in [1.54, 1.807) is 12.1 Å². The zero-order valence-electron chi connectivity index (χ0n) is 12.5. The van der Waals surface area contributed by atoms with Crippen LogP contribution >= 0.6 is 12.4 Å². The number of ether oxygens (including phenoxy) is 1. The maximum atomic E-state index is 11.9. The van der Waals surface area contributed by atoms with Crippen molar-refractivity contribution in [3.63, 3.8) is 0 Å². The fourth-order valence-corrected chi connectivity index (χ4v) is 1.84. The number of halogens is 1. The summed E-state index contributed by atoms with van der Waals surface area (Å²) in [5.41, 5.74) is 0.669. The second-order valence-corrected chi connectivity index (χ2v) is 4.24. The first-order valence-electron chi connectivity index (χ1n) is 6.94. The molecule has 20 heavy (non-hydrogen) atoms. The molecule has 0 radical (unpaired) electrons. The van der Waals surface area contributed by atoms with E-state index in [-0.39, 0.29) is 18.3 Å². The SMILES string of the molecule is CCOc1ccc(C(=O)NCCN(CC)CC)cc1.Cl. The summed E-state index contributed by atoms with van der Waals surface area (Å²) >= 11 is 0. The van der Waals surface area contributed by atoms with Crippen LogP contribution in [0.5, 0.6) is 5.75 Å². The molecule has 0 bridgehead atoms. The molecule has 1 rings (SSSR count). The summed E-state index contributed by atoms with van der Waals surface area (Å²) in [7, 11) is 0. The first kappa shape index (κ1) is 18.7. The normalized spacial score (nSPS) is 10.0. The summed E-state index contributed by atoms with van der Waals surface area (Å²) in [6, 6.07) is 7.22. The van der Waals surface area contributed by atoms with Gasteiger partial charge in [0.05, 0.1) is 6.61 Å². The number of rotatable bonds is 8. The zero-order chi connectivity index (χ0) is 14.1. The Balaban J connectivity index is 0.00000361. The monoisotopic (exact) mass is 300 g/mol. The standard InChI is InChI=1S/C15H24N2O2.ClH/c1-4-17(5-2)12-11-16-15(18)13-7-9-14(10-8-13)19-6-3;/h7-10H,4-6,11-12H2,1-3H3,(H,16,18);1H. The molecule has 0 aliphatic heterocycles. The Labute approximate surface area is 127 Å². The van der Waals surface area contributed by atoms with Crippen LogP contribution in [0.3, 0.4) is 0 Å². The number of benzene rings is 1. The number of hydrogen-bond acceptors (Lipinski definition) is 3. The molecule has 1 amide bonds. The van der Waals surface area contributed by atoms with Crippen LogP contribution in [0.1, 0.15) is 31.1 Å². The number of nitrogens with one attached hydrogen (secondary N) is 1. The van der Waals surface area contributed by atoms with Crippen molar-refractivity contribution in [2.45, 2.75) is 20.8 Å². The fraction of sp³-hybridized carbons (Fsp3) is 0.533. The predicted molar refractivity (Wildman–Crippen MR) is 85.0 cm³/mol. The molecule has 1 aromatic rings. The Morgan fingerprint density at radius 1 is 1.15 bits per heavy atom. The van der Waals surface area contributed by atoms with E-state index in [1.807, 2.05) is 19.1 Å². The molecule has 0 unspecified atom stereocenters. The zero-order valence-corrected chi connectivity index (χ0v) is 13.3. The van der Waals surface area contributed by atoms with E-state index in [0.717, 1.165) is 25.4 Å². The van der Waals surface area contributed by atoms with Gasteiger partial charge in [-0.2, -0.15) is 0 Å². The summed E-state index contributed by atoms with van der Waals surface area (Å²) in [6.45, 7) is 10.4. The minimum atomic E-state index is -0.0322. The van der Waals surface area contributed by atoms with Crippen molar-refractivity contribution < 1.29 is 9.53 Å². The molecule has 0 saturated carbocycles. The van der Waals surface area contributed by atoms with Gasteiger partial charge in [-0.25, -0.2) is 0 Å². The van der Waals surface area contributed by atoms with E-state index >= 15 is 0 Å². The maximum Gasteiger partial charge on any atom is 0.251 e. The van der Waals surface area contributed by atoms with Gasteiger partial charge in [0.15, 0.2) is 0 Å². The number of likely N-dealkylation sites (N-methyl/N-ethyl adjacent to an activating group) is 1. The molecule has 0 heterocycles. The van der Waals surface area contributed by atoms with Crippen LogP contribution in [-0.4, -0.2) is 43.6 Å². The highest BCUT2D eigenvalue weighted by atomic mass is 35.5. The largest absolute Gasteiger partial charge is 0.494 e. The quantitative estimate of drug-likeness (QED) is 0.802. The minimum absolute atomic E-state index is 0. The van der Waals surface area contributed by atoms with Crippen molar-refractivity contribution in [3.8, 4) is 5.75 Å². The average molecular weight is 301 g/mol. The molecule has 1 N–H and O–H groups in total. The minimum Gasteiger partial charge on any atom is -0.494 e. The molecule has 0 aliphatic rings. The predicted octanol–water partition coefficient (Wildman–Crippen LogP) is 2.58. The van der Waals surface area contributed by atoms with Gasteiger partial charge in [-0.15, -0.1) is 12.4 Å². The Bertz CT molecular complexity index is 378. The topological polar surface area (TPSA) is 41.6 Å². The highest BCUT2D eigenvalue weighted by Gasteiger charge is 2.06. The second-order valence-electron chi connectivity index (χ2n) is 4.24. The van der Waals surface area contributed by atoms with E-state index in [9.17, 15) is 4.79 Å². The van der Waals surface area contributed by atoms with Crippen molar-refractivity contribution in [3.05, 3.63) is 29.8 Å². The molecule has 0 aliphatic carbocycles. The Kier molecular flexibility index (Phi) is 9.86. The first-order valence-corrected chi connectivity index (χ1v) is 6.94. The van der Waals surface area contributed by atoms with Crippen LogP contribution in [0.25, 0.3) is 0 Å². The third-order valence-corrected chi connectivity index (χ3v) is 3.04. The van der Waals surface area contributed by atoms with E-state index in [0.29, 0.717) is 18.7 Å². The lowest BCUT2D eigenvalue weighted by atomic mass is 10.2. The van der Waals surface area contributed by atoms with E-state index in [2.05, 4.69) is 24.1 Å². The number of carbonyl (C=O) groups is 1. The molecule has 5 heteroatoms. The van der Waals surface area contributed by atoms with Crippen molar-refractivity contribution in [1.29, 1.82) is 0 Å². The van der Waals surface area contributed by atoms with E-state index in [4.69, 9.17) is 4.74 Å². The summed E-state index contributed by atoms with van der Waals surface area (Å²) in [6.07, 6.45) is 0. The van der Waals surface area contributed by atoms with Gasteiger partial charge in [0, 0.05) is 18.7 Å².